The number of Topliss-reactive ketones (excluding diaryl/α,β-unsaturated/α-hetero) is 1. The summed E-state index contributed by atoms with van der Waals surface area (Å²) < 4.78 is 0. The van der Waals surface area contributed by atoms with Crippen LogP contribution in [0.15, 0.2) is 29.8 Å². The van der Waals surface area contributed by atoms with Gasteiger partial charge in [0.2, 0.25) is 0 Å². The molecule has 1 aliphatic heterocycles. The van der Waals surface area contributed by atoms with Crippen molar-refractivity contribution >= 4 is 11.4 Å². The maximum absolute atomic E-state index is 11.9. The van der Waals surface area contributed by atoms with Crippen molar-refractivity contribution in [1.82, 2.24) is 5.32 Å². The summed E-state index contributed by atoms with van der Waals surface area (Å²) in [5, 5.41) is 3.24. The molecular formula is C12H11NO. The van der Waals surface area contributed by atoms with E-state index in [2.05, 4.69) is 11.4 Å². The molecule has 2 heteroatoms. The Morgan fingerprint density at radius 3 is 2.71 bits per heavy atom. The van der Waals surface area contributed by atoms with Crippen LogP contribution in [0.1, 0.15) is 22.3 Å². The van der Waals surface area contributed by atoms with Crippen molar-refractivity contribution in [3.8, 4) is 0 Å². The van der Waals surface area contributed by atoms with Crippen molar-refractivity contribution in [1.29, 1.82) is 0 Å². The molecule has 0 amide bonds. The van der Waals surface area contributed by atoms with Gasteiger partial charge in [-0.25, -0.2) is 0 Å². The maximum atomic E-state index is 11.9. The molecule has 2 nitrogen and oxygen atoms in total. The summed E-state index contributed by atoms with van der Waals surface area (Å²) in [6.45, 7) is 1.73. The zero-order chi connectivity index (χ0) is 9.54. The summed E-state index contributed by atoms with van der Waals surface area (Å²) in [7, 11) is 0. The van der Waals surface area contributed by atoms with Gasteiger partial charge in [-0.1, -0.05) is 24.3 Å². The molecule has 0 spiro atoms. The number of rotatable bonds is 0. The smallest absolute Gasteiger partial charge is 0.191 e. The Hall–Kier alpha value is -1.41. The number of ketones is 1. The van der Waals surface area contributed by atoms with Gasteiger partial charge in [-0.2, -0.15) is 0 Å². The molecule has 3 rings (SSSR count). The normalized spacial score (nSPS) is 19.6. The fourth-order valence-corrected chi connectivity index (χ4v) is 2.31. The number of hydrogen-bond acceptors (Lipinski definition) is 2. The molecule has 0 unspecified atom stereocenters. The van der Waals surface area contributed by atoms with Crippen molar-refractivity contribution in [2.45, 2.75) is 6.42 Å². The Morgan fingerprint density at radius 2 is 1.86 bits per heavy atom. The van der Waals surface area contributed by atoms with Crippen LogP contribution in [0.4, 0.5) is 0 Å². The highest BCUT2D eigenvalue weighted by atomic mass is 16.1. The molecular weight excluding hydrogens is 174 g/mol. The summed E-state index contributed by atoms with van der Waals surface area (Å²) >= 11 is 0. The molecule has 0 saturated heterocycles. The van der Waals surface area contributed by atoms with Crippen molar-refractivity contribution < 1.29 is 4.79 Å². The molecule has 70 valence electrons. The van der Waals surface area contributed by atoms with E-state index in [0.717, 1.165) is 36.2 Å². The largest absolute Gasteiger partial charge is 0.312 e. The summed E-state index contributed by atoms with van der Waals surface area (Å²) in [6, 6.07) is 7.92. The van der Waals surface area contributed by atoms with Gasteiger partial charge in [0, 0.05) is 17.7 Å². The molecule has 0 fully saturated rings. The Labute approximate surface area is 82.6 Å². The summed E-state index contributed by atoms with van der Waals surface area (Å²) in [6.07, 6.45) is 0.984. The first-order chi connectivity index (χ1) is 6.88. The van der Waals surface area contributed by atoms with Crippen LogP contribution in [0.5, 0.6) is 0 Å². The molecule has 1 aromatic carbocycles. The fraction of sp³-hybridized carbons (Fsp3) is 0.250. The van der Waals surface area contributed by atoms with Crippen LogP contribution in [-0.2, 0) is 0 Å². The number of fused-ring (bicyclic) bond motifs is 2. The lowest BCUT2D eigenvalue weighted by molar-refractivity contribution is 0.103. The van der Waals surface area contributed by atoms with Crippen molar-refractivity contribution in [3.05, 3.63) is 41.0 Å². The Bertz CT molecular complexity index is 445. The molecule has 0 radical (unpaired) electrons. The van der Waals surface area contributed by atoms with Crippen LogP contribution in [0, 0.1) is 0 Å². The van der Waals surface area contributed by atoms with Crippen molar-refractivity contribution in [3.63, 3.8) is 0 Å². The number of nitrogens with one attached hydrogen (secondary N) is 1. The maximum Gasteiger partial charge on any atom is 0.191 e. The first kappa shape index (κ1) is 7.94. The van der Waals surface area contributed by atoms with Crippen LogP contribution < -0.4 is 5.32 Å². The summed E-state index contributed by atoms with van der Waals surface area (Å²) in [4.78, 5) is 11.9. The van der Waals surface area contributed by atoms with E-state index < -0.39 is 0 Å². The highest BCUT2D eigenvalue weighted by molar-refractivity contribution is 6.21. The second-order valence-corrected chi connectivity index (χ2v) is 3.76. The van der Waals surface area contributed by atoms with Gasteiger partial charge >= 0.3 is 0 Å². The highest BCUT2D eigenvalue weighted by Crippen LogP contribution is 2.35. The zero-order valence-corrected chi connectivity index (χ0v) is 7.84. The minimum absolute atomic E-state index is 0.225. The second-order valence-electron chi connectivity index (χ2n) is 3.76. The number of carbonyl (C=O) groups excluding carboxylic acids is 1. The molecule has 1 N–H and O–H groups in total. The third-order valence-electron chi connectivity index (χ3n) is 2.99. The van der Waals surface area contributed by atoms with E-state index >= 15 is 0 Å². The average molecular weight is 185 g/mol. The number of benzene rings is 1. The van der Waals surface area contributed by atoms with E-state index in [9.17, 15) is 4.79 Å². The monoisotopic (exact) mass is 185 g/mol. The lowest BCUT2D eigenvalue weighted by Gasteiger charge is -2.14. The van der Waals surface area contributed by atoms with Crippen molar-refractivity contribution in [2.75, 3.05) is 13.1 Å². The topological polar surface area (TPSA) is 29.1 Å². The highest BCUT2D eigenvalue weighted by Gasteiger charge is 2.29. The summed E-state index contributed by atoms with van der Waals surface area (Å²) in [5.41, 5.74) is 4.30. The predicted molar refractivity (Wildman–Crippen MR) is 55.2 cm³/mol. The van der Waals surface area contributed by atoms with E-state index in [4.69, 9.17) is 0 Å². The van der Waals surface area contributed by atoms with E-state index in [1.165, 1.54) is 5.57 Å². The molecule has 0 aromatic heterocycles. The van der Waals surface area contributed by atoms with Gasteiger partial charge < -0.3 is 5.32 Å². The molecule has 0 atom stereocenters. The first-order valence-corrected chi connectivity index (χ1v) is 4.95. The van der Waals surface area contributed by atoms with Crippen LogP contribution in [0.2, 0.25) is 0 Å². The van der Waals surface area contributed by atoms with Crippen LogP contribution in [0.3, 0.4) is 0 Å². The Balaban J connectivity index is 2.23. The van der Waals surface area contributed by atoms with Gasteiger partial charge in [0.05, 0.1) is 0 Å². The van der Waals surface area contributed by atoms with Gasteiger partial charge in [-0.15, -0.1) is 0 Å². The van der Waals surface area contributed by atoms with Gasteiger partial charge in [0.1, 0.15) is 0 Å². The van der Waals surface area contributed by atoms with Gasteiger partial charge in [-0.3, -0.25) is 4.79 Å². The molecule has 0 bridgehead atoms. The van der Waals surface area contributed by atoms with Crippen molar-refractivity contribution in [2.24, 2.45) is 0 Å². The van der Waals surface area contributed by atoms with E-state index in [-0.39, 0.29) is 5.78 Å². The molecule has 14 heavy (non-hydrogen) atoms. The zero-order valence-electron chi connectivity index (χ0n) is 7.84. The standard InChI is InChI=1S/C12H11NO/c14-12-10-4-2-1-3-8(10)9-5-6-13-7-11(9)12/h1-4,13H,5-7H2. The lowest BCUT2D eigenvalue weighted by Crippen LogP contribution is -2.25. The lowest BCUT2D eigenvalue weighted by atomic mass is 10.0. The average Bonchev–Trinajstić information content (AvgIpc) is 2.55. The van der Waals surface area contributed by atoms with Crippen LogP contribution in [-0.4, -0.2) is 18.9 Å². The number of hydrogen-bond donors (Lipinski definition) is 1. The second kappa shape index (κ2) is 2.79. The van der Waals surface area contributed by atoms with E-state index in [1.54, 1.807) is 0 Å². The quantitative estimate of drug-likeness (QED) is 0.665. The molecule has 1 aromatic rings. The summed E-state index contributed by atoms with van der Waals surface area (Å²) in [5.74, 6) is 0.225. The minimum atomic E-state index is 0.225. The fourth-order valence-electron chi connectivity index (χ4n) is 2.31. The van der Waals surface area contributed by atoms with Crippen LogP contribution >= 0.6 is 0 Å². The SMILES string of the molecule is O=C1C2=C(CCNC2)c2ccccc21. The van der Waals surface area contributed by atoms with Gasteiger partial charge in [0.25, 0.3) is 0 Å². The molecule has 0 saturated carbocycles. The van der Waals surface area contributed by atoms with Crippen LogP contribution in [0.25, 0.3) is 5.57 Å². The number of carbonyl (C=O) groups is 1. The Kier molecular flexibility index (Phi) is 1.58. The third-order valence-corrected chi connectivity index (χ3v) is 2.99. The van der Waals surface area contributed by atoms with Gasteiger partial charge in [-0.05, 0) is 24.1 Å². The first-order valence-electron chi connectivity index (χ1n) is 4.95. The molecule has 2 aliphatic rings. The third kappa shape index (κ3) is 0.917. The van der Waals surface area contributed by atoms with Gasteiger partial charge in [0.15, 0.2) is 5.78 Å². The molecule has 1 heterocycles. The minimum Gasteiger partial charge on any atom is -0.312 e. The molecule has 1 aliphatic carbocycles. The van der Waals surface area contributed by atoms with E-state index in [1.807, 2.05) is 18.2 Å². The van der Waals surface area contributed by atoms with E-state index in [0.29, 0.717) is 0 Å². The predicted octanol–water partition coefficient (Wildman–Crippen LogP) is 1.63. The Morgan fingerprint density at radius 1 is 1.07 bits per heavy atom.